The highest BCUT2D eigenvalue weighted by Gasteiger charge is 2.02. The maximum Gasteiger partial charge on any atom is 0.203 e. The highest BCUT2D eigenvalue weighted by molar-refractivity contribution is 7.98. The Morgan fingerprint density at radius 3 is 2.59 bits per heavy atom. The lowest BCUT2D eigenvalue weighted by Gasteiger charge is -1.97. The van der Waals surface area contributed by atoms with Gasteiger partial charge in [0.05, 0.1) is 11.9 Å². The van der Waals surface area contributed by atoms with Gasteiger partial charge in [-0.05, 0) is 24.0 Å². The Kier molecular flexibility index (Phi) is 4.88. The number of nitrogens with one attached hydrogen (secondary N) is 1. The predicted molar refractivity (Wildman–Crippen MR) is 97.0 cm³/mol. The number of anilines is 1. The molecule has 3 rings (SSSR count). The van der Waals surface area contributed by atoms with Gasteiger partial charge in [-0.1, -0.05) is 42.5 Å². The van der Waals surface area contributed by atoms with E-state index in [1.807, 2.05) is 35.7 Å². The van der Waals surface area contributed by atoms with Crippen LogP contribution in [0.5, 0.6) is 0 Å². The highest BCUT2D eigenvalue weighted by Crippen LogP contribution is 2.24. The molecule has 0 saturated heterocycles. The van der Waals surface area contributed by atoms with Gasteiger partial charge in [0.25, 0.3) is 0 Å². The SMILES string of the molecule is CSc1ccc(/C=N/Nc2nc(-c3ccccc3)cs2)cc1. The molecule has 110 valence electrons. The fourth-order valence-electron chi connectivity index (χ4n) is 1.92. The lowest BCUT2D eigenvalue weighted by molar-refractivity contribution is 1.29. The summed E-state index contributed by atoms with van der Waals surface area (Å²) < 4.78 is 0. The average Bonchev–Trinajstić information content (AvgIpc) is 3.05. The standard InChI is InChI=1S/C17H15N3S2/c1-21-15-9-7-13(8-10-15)11-18-20-17-19-16(12-22-17)14-5-3-2-4-6-14/h2-12H,1H3,(H,19,20)/b18-11+. The van der Waals surface area contributed by atoms with E-state index in [2.05, 4.69) is 46.0 Å². The van der Waals surface area contributed by atoms with Crippen molar-refractivity contribution in [1.29, 1.82) is 0 Å². The minimum atomic E-state index is 0.788. The Morgan fingerprint density at radius 1 is 1.09 bits per heavy atom. The van der Waals surface area contributed by atoms with E-state index in [4.69, 9.17) is 0 Å². The molecule has 5 heteroatoms. The number of hydrogen-bond donors (Lipinski definition) is 1. The van der Waals surface area contributed by atoms with Crippen LogP contribution in [-0.4, -0.2) is 17.5 Å². The lowest BCUT2D eigenvalue weighted by Crippen LogP contribution is -1.90. The normalized spacial score (nSPS) is 11.0. The summed E-state index contributed by atoms with van der Waals surface area (Å²) in [6.45, 7) is 0. The molecule has 0 spiro atoms. The fraction of sp³-hybridized carbons (Fsp3) is 0.0588. The van der Waals surface area contributed by atoms with Crippen molar-refractivity contribution in [2.75, 3.05) is 11.7 Å². The van der Waals surface area contributed by atoms with E-state index in [1.165, 1.54) is 4.90 Å². The molecule has 0 amide bonds. The van der Waals surface area contributed by atoms with Crippen molar-refractivity contribution in [3.63, 3.8) is 0 Å². The van der Waals surface area contributed by atoms with Gasteiger partial charge in [-0.3, -0.25) is 5.43 Å². The minimum Gasteiger partial charge on any atom is -0.253 e. The molecule has 0 atom stereocenters. The smallest absolute Gasteiger partial charge is 0.203 e. The van der Waals surface area contributed by atoms with E-state index in [0.717, 1.165) is 22.0 Å². The van der Waals surface area contributed by atoms with Crippen LogP contribution in [0.4, 0.5) is 5.13 Å². The van der Waals surface area contributed by atoms with Crippen molar-refractivity contribution in [2.45, 2.75) is 4.90 Å². The van der Waals surface area contributed by atoms with E-state index in [9.17, 15) is 0 Å². The molecule has 0 fully saturated rings. The molecule has 0 unspecified atom stereocenters. The van der Waals surface area contributed by atoms with Crippen LogP contribution in [0.2, 0.25) is 0 Å². The second-order valence-corrected chi connectivity index (χ2v) is 6.28. The van der Waals surface area contributed by atoms with Gasteiger partial charge >= 0.3 is 0 Å². The summed E-state index contributed by atoms with van der Waals surface area (Å²) >= 11 is 3.28. The van der Waals surface area contributed by atoms with Gasteiger partial charge in [0.2, 0.25) is 5.13 Å². The molecular weight excluding hydrogens is 310 g/mol. The molecule has 0 bridgehead atoms. The number of hydrazone groups is 1. The summed E-state index contributed by atoms with van der Waals surface area (Å²) in [6, 6.07) is 18.4. The van der Waals surface area contributed by atoms with Crippen LogP contribution < -0.4 is 5.43 Å². The summed E-state index contributed by atoms with van der Waals surface area (Å²) in [5, 5.41) is 7.06. The molecule has 0 aliphatic carbocycles. The zero-order chi connectivity index (χ0) is 15.2. The lowest BCUT2D eigenvalue weighted by atomic mass is 10.2. The topological polar surface area (TPSA) is 37.3 Å². The molecule has 3 aromatic rings. The van der Waals surface area contributed by atoms with E-state index in [0.29, 0.717) is 0 Å². The average molecular weight is 325 g/mol. The van der Waals surface area contributed by atoms with Crippen LogP contribution in [0.25, 0.3) is 11.3 Å². The van der Waals surface area contributed by atoms with Crippen molar-refractivity contribution >= 4 is 34.4 Å². The number of nitrogens with zero attached hydrogens (tertiary/aromatic N) is 2. The Bertz CT molecular complexity index is 749. The first-order chi connectivity index (χ1) is 10.8. The third-order valence-electron chi connectivity index (χ3n) is 3.06. The molecule has 1 N–H and O–H groups in total. The molecule has 1 heterocycles. The van der Waals surface area contributed by atoms with Gasteiger partial charge in [-0.2, -0.15) is 5.10 Å². The zero-order valence-electron chi connectivity index (χ0n) is 12.1. The summed E-state index contributed by atoms with van der Waals surface area (Å²) in [5.74, 6) is 0. The third kappa shape index (κ3) is 3.75. The van der Waals surface area contributed by atoms with Crippen LogP contribution in [0.15, 0.2) is 70.0 Å². The molecule has 1 aromatic heterocycles. The quantitative estimate of drug-likeness (QED) is 0.408. The summed E-state index contributed by atoms with van der Waals surface area (Å²) in [7, 11) is 0. The molecule has 0 aliphatic heterocycles. The molecule has 3 nitrogen and oxygen atoms in total. The van der Waals surface area contributed by atoms with E-state index in [-0.39, 0.29) is 0 Å². The first-order valence-corrected chi connectivity index (χ1v) is 8.90. The fourth-order valence-corrected chi connectivity index (χ4v) is 3.00. The van der Waals surface area contributed by atoms with Gasteiger partial charge in [-0.15, -0.1) is 23.1 Å². The Balaban J connectivity index is 1.64. The van der Waals surface area contributed by atoms with Crippen molar-refractivity contribution in [2.24, 2.45) is 5.10 Å². The van der Waals surface area contributed by atoms with Gasteiger partial charge < -0.3 is 0 Å². The van der Waals surface area contributed by atoms with Crippen molar-refractivity contribution < 1.29 is 0 Å². The van der Waals surface area contributed by atoms with E-state index in [1.54, 1.807) is 29.3 Å². The van der Waals surface area contributed by atoms with Crippen molar-refractivity contribution in [1.82, 2.24) is 4.98 Å². The van der Waals surface area contributed by atoms with Crippen LogP contribution in [-0.2, 0) is 0 Å². The second-order valence-electron chi connectivity index (χ2n) is 4.55. The number of rotatable bonds is 5. The molecule has 22 heavy (non-hydrogen) atoms. The Hall–Kier alpha value is -2.11. The van der Waals surface area contributed by atoms with Crippen LogP contribution in [0.3, 0.4) is 0 Å². The molecular formula is C17H15N3S2. The molecule has 0 aliphatic rings. The van der Waals surface area contributed by atoms with Crippen LogP contribution in [0, 0.1) is 0 Å². The number of thiazole rings is 1. The van der Waals surface area contributed by atoms with Gasteiger partial charge in [0, 0.05) is 15.8 Å². The Labute approximate surface area is 138 Å². The Morgan fingerprint density at radius 2 is 1.86 bits per heavy atom. The first-order valence-electron chi connectivity index (χ1n) is 6.79. The number of benzene rings is 2. The van der Waals surface area contributed by atoms with Crippen molar-refractivity contribution in [3.05, 3.63) is 65.5 Å². The molecule has 0 radical (unpaired) electrons. The third-order valence-corrected chi connectivity index (χ3v) is 4.55. The van der Waals surface area contributed by atoms with Gasteiger partial charge in [-0.25, -0.2) is 4.98 Å². The number of hydrogen-bond acceptors (Lipinski definition) is 5. The zero-order valence-corrected chi connectivity index (χ0v) is 13.7. The summed E-state index contributed by atoms with van der Waals surface area (Å²) in [6.07, 6.45) is 3.87. The van der Waals surface area contributed by atoms with Crippen molar-refractivity contribution in [3.8, 4) is 11.3 Å². The largest absolute Gasteiger partial charge is 0.253 e. The first kappa shape index (κ1) is 14.8. The molecule has 0 saturated carbocycles. The van der Waals surface area contributed by atoms with Crippen LogP contribution in [0.1, 0.15) is 5.56 Å². The number of aromatic nitrogens is 1. The van der Waals surface area contributed by atoms with Gasteiger partial charge in [0.1, 0.15) is 0 Å². The highest BCUT2D eigenvalue weighted by atomic mass is 32.2. The number of thioether (sulfide) groups is 1. The minimum absolute atomic E-state index is 0.788. The van der Waals surface area contributed by atoms with E-state index >= 15 is 0 Å². The monoisotopic (exact) mass is 325 g/mol. The van der Waals surface area contributed by atoms with Crippen LogP contribution >= 0.6 is 23.1 Å². The van der Waals surface area contributed by atoms with E-state index < -0.39 is 0 Å². The maximum atomic E-state index is 4.53. The maximum absolute atomic E-state index is 4.53. The second kappa shape index (κ2) is 7.24. The summed E-state index contributed by atoms with van der Waals surface area (Å²) in [4.78, 5) is 5.78. The summed E-state index contributed by atoms with van der Waals surface area (Å²) in [5.41, 5.74) is 6.12. The predicted octanol–water partition coefficient (Wildman–Crippen LogP) is 4.98. The van der Waals surface area contributed by atoms with Gasteiger partial charge in [0.15, 0.2) is 0 Å². The molecule has 2 aromatic carbocycles.